The van der Waals surface area contributed by atoms with Crippen LogP contribution in [0.2, 0.25) is 0 Å². The topological polar surface area (TPSA) is 43.8 Å². The van der Waals surface area contributed by atoms with Gasteiger partial charge in [-0.3, -0.25) is 0 Å². The Kier molecular flexibility index (Phi) is 2.88. The van der Waals surface area contributed by atoms with Crippen molar-refractivity contribution in [2.75, 3.05) is 5.73 Å². The van der Waals surface area contributed by atoms with Gasteiger partial charge in [0.05, 0.1) is 0 Å². The number of anilines is 1. The quantitative estimate of drug-likeness (QED) is 0.872. The maximum absolute atomic E-state index is 5.95. The van der Waals surface area contributed by atoms with Gasteiger partial charge in [-0.1, -0.05) is 12.1 Å². The van der Waals surface area contributed by atoms with E-state index < -0.39 is 0 Å². The second-order valence-corrected chi connectivity index (χ2v) is 8.32. The highest BCUT2D eigenvalue weighted by atomic mass is 15.1. The third kappa shape index (κ3) is 2.20. The summed E-state index contributed by atoms with van der Waals surface area (Å²) in [6, 6.07) is 8.26. The summed E-state index contributed by atoms with van der Waals surface area (Å²) in [5.74, 6) is 4.22. The zero-order chi connectivity index (χ0) is 15.4. The Hall–Kier alpha value is -1.77. The van der Waals surface area contributed by atoms with E-state index in [1.165, 1.54) is 49.9 Å². The number of imidazole rings is 1. The van der Waals surface area contributed by atoms with Gasteiger partial charge in [0, 0.05) is 30.0 Å². The van der Waals surface area contributed by atoms with Gasteiger partial charge < -0.3 is 10.3 Å². The Morgan fingerprint density at radius 2 is 1.78 bits per heavy atom. The molecule has 0 aliphatic heterocycles. The Morgan fingerprint density at radius 1 is 1.09 bits per heavy atom. The molecule has 4 aliphatic rings. The summed E-state index contributed by atoms with van der Waals surface area (Å²) in [5, 5.41) is 0. The molecule has 0 saturated heterocycles. The van der Waals surface area contributed by atoms with Crippen LogP contribution in [0, 0.1) is 17.8 Å². The number of nitrogen functional groups attached to an aromatic ring is 1. The number of hydrogen-bond donors (Lipinski definition) is 1. The van der Waals surface area contributed by atoms with Crippen LogP contribution in [0.1, 0.15) is 49.9 Å². The van der Waals surface area contributed by atoms with Gasteiger partial charge in [-0.15, -0.1) is 0 Å². The standard InChI is InChI=1S/C20H25N3/c21-18-3-1-2-14(9-18)13-23-5-4-22-19(23)20-10-15-6-16(11-20)8-17(7-15)12-20/h1-5,9,15-17H,6-8,10-13,21H2. The molecule has 2 N–H and O–H groups in total. The van der Waals surface area contributed by atoms with E-state index in [1.807, 2.05) is 18.3 Å². The highest BCUT2D eigenvalue weighted by Crippen LogP contribution is 2.60. The van der Waals surface area contributed by atoms with Crippen LogP contribution in [0.4, 0.5) is 5.69 Å². The van der Waals surface area contributed by atoms with Crippen LogP contribution >= 0.6 is 0 Å². The predicted octanol–water partition coefficient (Wildman–Crippen LogP) is 3.98. The van der Waals surface area contributed by atoms with Crippen LogP contribution < -0.4 is 5.73 Å². The lowest BCUT2D eigenvalue weighted by Gasteiger charge is -2.56. The molecule has 3 nitrogen and oxygen atoms in total. The average Bonchev–Trinajstić information content (AvgIpc) is 2.95. The van der Waals surface area contributed by atoms with E-state index in [0.29, 0.717) is 5.41 Å². The first kappa shape index (κ1) is 13.6. The normalized spacial score (nSPS) is 34.9. The molecule has 120 valence electrons. The van der Waals surface area contributed by atoms with Crippen LogP contribution in [-0.2, 0) is 12.0 Å². The first-order valence-corrected chi connectivity index (χ1v) is 9.06. The second-order valence-electron chi connectivity index (χ2n) is 8.32. The molecule has 0 spiro atoms. The predicted molar refractivity (Wildman–Crippen MR) is 92.0 cm³/mol. The summed E-state index contributed by atoms with van der Waals surface area (Å²) in [5.41, 5.74) is 8.43. The lowest BCUT2D eigenvalue weighted by Crippen LogP contribution is -2.49. The molecule has 2 aromatic rings. The summed E-state index contributed by atoms with van der Waals surface area (Å²) in [6.45, 7) is 0.891. The van der Waals surface area contributed by atoms with E-state index in [9.17, 15) is 0 Å². The monoisotopic (exact) mass is 307 g/mol. The molecule has 23 heavy (non-hydrogen) atoms. The second kappa shape index (κ2) is 4.86. The number of aromatic nitrogens is 2. The molecule has 0 unspecified atom stereocenters. The van der Waals surface area contributed by atoms with Crippen LogP contribution in [0.25, 0.3) is 0 Å². The van der Waals surface area contributed by atoms with Gasteiger partial charge in [-0.2, -0.15) is 0 Å². The minimum Gasteiger partial charge on any atom is -0.399 e. The SMILES string of the molecule is Nc1cccc(Cn2ccnc2C23CC4CC(CC(C4)C2)C3)c1. The Morgan fingerprint density at radius 3 is 2.43 bits per heavy atom. The minimum absolute atomic E-state index is 0.360. The number of benzene rings is 1. The lowest BCUT2D eigenvalue weighted by molar-refractivity contribution is -0.0108. The third-order valence-corrected chi connectivity index (χ3v) is 6.53. The molecule has 1 heterocycles. The third-order valence-electron chi connectivity index (χ3n) is 6.53. The highest BCUT2D eigenvalue weighted by molar-refractivity contribution is 5.40. The van der Waals surface area contributed by atoms with E-state index in [1.54, 1.807) is 0 Å². The van der Waals surface area contributed by atoms with Crippen molar-refractivity contribution in [1.29, 1.82) is 0 Å². The van der Waals surface area contributed by atoms with Gasteiger partial charge in [-0.25, -0.2) is 4.98 Å². The molecule has 3 heteroatoms. The lowest BCUT2D eigenvalue weighted by atomic mass is 9.49. The smallest absolute Gasteiger partial charge is 0.115 e. The fourth-order valence-corrected chi connectivity index (χ4v) is 6.17. The number of nitrogens with two attached hydrogens (primary N) is 1. The van der Waals surface area contributed by atoms with Gasteiger partial charge in [0.1, 0.15) is 5.82 Å². The van der Waals surface area contributed by atoms with Crippen molar-refractivity contribution in [3.05, 3.63) is 48.0 Å². The van der Waals surface area contributed by atoms with Gasteiger partial charge in [0.15, 0.2) is 0 Å². The average molecular weight is 307 g/mol. The molecule has 4 bridgehead atoms. The van der Waals surface area contributed by atoms with E-state index in [0.717, 1.165) is 30.0 Å². The first-order valence-electron chi connectivity index (χ1n) is 9.06. The molecule has 0 radical (unpaired) electrons. The summed E-state index contributed by atoms with van der Waals surface area (Å²) >= 11 is 0. The molecule has 4 aliphatic carbocycles. The summed E-state index contributed by atoms with van der Waals surface area (Å²) in [4.78, 5) is 4.86. The van der Waals surface area contributed by atoms with E-state index in [-0.39, 0.29) is 0 Å². The molecule has 1 aromatic heterocycles. The first-order chi connectivity index (χ1) is 11.2. The molecular weight excluding hydrogens is 282 g/mol. The van der Waals surface area contributed by atoms with Crippen molar-refractivity contribution in [2.24, 2.45) is 17.8 Å². The molecule has 0 amide bonds. The molecular formula is C20H25N3. The number of nitrogens with zero attached hydrogens (tertiary/aromatic N) is 2. The van der Waals surface area contributed by atoms with Crippen LogP contribution in [0.15, 0.2) is 36.7 Å². The number of hydrogen-bond acceptors (Lipinski definition) is 2. The summed E-state index contributed by atoms with van der Waals surface area (Å²) in [7, 11) is 0. The van der Waals surface area contributed by atoms with E-state index in [2.05, 4.69) is 22.9 Å². The van der Waals surface area contributed by atoms with Crippen molar-refractivity contribution in [2.45, 2.75) is 50.5 Å². The Balaban J connectivity index is 1.49. The molecule has 0 atom stereocenters. The molecule has 4 fully saturated rings. The van der Waals surface area contributed by atoms with Crippen LogP contribution in [0.3, 0.4) is 0 Å². The van der Waals surface area contributed by atoms with Crippen molar-refractivity contribution < 1.29 is 0 Å². The Labute approximate surface area is 137 Å². The number of rotatable bonds is 3. The van der Waals surface area contributed by atoms with Crippen molar-refractivity contribution in [3.8, 4) is 0 Å². The largest absolute Gasteiger partial charge is 0.399 e. The van der Waals surface area contributed by atoms with Crippen molar-refractivity contribution >= 4 is 5.69 Å². The van der Waals surface area contributed by atoms with Gasteiger partial charge >= 0.3 is 0 Å². The Bertz CT molecular complexity index is 695. The van der Waals surface area contributed by atoms with Crippen LogP contribution in [0.5, 0.6) is 0 Å². The molecule has 6 rings (SSSR count). The van der Waals surface area contributed by atoms with Gasteiger partial charge in [0.2, 0.25) is 0 Å². The zero-order valence-electron chi connectivity index (χ0n) is 13.6. The van der Waals surface area contributed by atoms with Gasteiger partial charge in [0.25, 0.3) is 0 Å². The molecule has 4 saturated carbocycles. The highest BCUT2D eigenvalue weighted by Gasteiger charge is 2.53. The summed E-state index contributed by atoms with van der Waals surface area (Å²) in [6.07, 6.45) is 12.7. The van der Waals surface area contributed by atoms with E-state index >= 15 is 0 Å². The fourth-order valence-electron chi connectivity index (χ4n) is 6.17. The van der Waals surface area contributed by atoms with E-state index in [4.69, 9.17) is 10.7 Å². The zero-order valence-corrected chi connectivity index (χ0v) is 13.6. The minimum atomic E-state index is 0.360. The fraction of sp³-hybridized carbons (Fsp3) is 0.550. The van der Waals surface area contributed by atoms with Crippen LogP contribution in [-0.4, -0.2) is 9.55 Å². The maximum atomic E-state index is 5.95. The summed E-state index contributed by atoms with van der Waals surface area (Å²) < 4.78 is 2.39. The van der Waals surface area contributed by atoms with Crippen molar-refractivity contribution in [1.82, 2.24) is 9.55 Å². The van der Waals surface area contributed by atoms with Crippen molar-refractivity contribution in [3.63, 3.8) is 0 Å². The molecule has 1 aromatic carbocycles. The maximum Gasteiger partial charge on any atom is 0.115 e. The van der Waals surface area contributed by atoms with Gasteiger partial charge in [-0.05, 0) is 74.0 Å².